The number of carbonyl (C=O) groups is 2. The number of thiazole rings is 1. The van der Waals surface area contributed by atoms with Crippen LogP contribution in [0.15, 0.2) is 50.9 Å². The molecule has 6 nitrogen and oxygen atoms in total. The number of benzene rings is 1. The van der Waals surface area contributed by atoms with Crippen molar-refractivity contribution in [1.82, 2.24) is 9.88 Å². The Hall–Kier alpha value is -2.45. The van der Waals surface area contributed by atoms with E-state index in [2.05, 4.69) is 26.2 Å². The summed E-state index contributed by atoms with van der Waals surface area (Å²) in [6.45, 7) is 1.84. The maximum absolute atomic E-state index is 12.5. The summed E-state index contributed by atoms with van der Waals surface area (Å²) < 4.78 is 6.22. The molecule has 0 fully saturated rings. The molecule has 0 atom stereocenters. The molecule has 0 aliphatic carbocycles. The van der Waals surface area contributed by atoms with Gasteiger partial charge in [-0.25, -0.2) is 4.98 Å². The Labute approximate surface area is 163 Å². The summed E-state index contributed by atoms with van der Waals surface area (Å²) in [6, 6.07) is 9.12. The number of halogens is 1. The van der Waals surface area contributed by atoms with Gasteiger partial charge in [0.1, 0.15) is 5.69 Å². The molecule has 0 aliphatic heterocycles. The van der Waals surface area contributed by atoms with Gasteiger partial charge in [-0.2, -0.15) is 0 Å². The van der Waals surface area contributed by atoms with Crippen LogP contribution in [-0.4, -0.2) is 35.3 Å². The Morgan fingerprint density at radius 3 is 2.85 bits per heavy atom. The van der Waals surface area contributed by atoms with Crippen molar-refractivity contribution in [1.29, 1.82) is 0 Å². The highest BCUT2D eigenvalue weighted by Gasteiger charge is 2.19. The van der Waals surface area contributed by atoms with E-state index in [0.717, 1.165) is 10.0 Å². The van der Waals surface area contributed by atoms with Crippen LogP contribution in [0.2, 0.25) is 0 Å². The summed E-state index contributed by atoms with van der Waals surface area (Å²) in [5, 5.41) is 5.10. The van der Waals surface area contributed by atoms with Crippen molar-refractivity contribution in [2.24, 2.45) is 0 Å². The number of aryl methyl sites for hydroxylation is 1. The van der Waals surface area contributed by atoms with Gasteiger partial charge in [0, 0.05) is 22.6 Å². The van der Waals surface area contributed by atoms with Crippen LogP contribution in [0.4, 0.5) is 5.69 Å². The normalized spacial score (nSPS) is 10.6. The molecule has 0 spiro atoms. The van der Waals surface area contributed by atoms with Gasteiger partial charge in [0.05, 0.1) is 12.8 Å². The first kappa shape index (κ1) is 18.3. The number of anilines is 1. The Morgan fingerprint density at radius 1 is 1.35 bits per heavy atom. The summed E-state index contributed by atoms with van der Waals surface area (Å²) in [6.07, 6.45) is 1.55. The Kier molecular flexibility index (Phi) is 5.53. The molecule has 0 unspecified atom stereocenters. The molecule has 2 heterocycles. The monoisotopic (exact) mass is 433 g/mol. The molecular formula is C18H16BrN3O3S. The minimum absolute atomic E-state index is 0.0675. The third-order valence-corrected chi connectivity index (χ3v) is 5.00. The van der Waals surface area contributed by atoms with Crippen LogP contribution in [0.5, 0.6) is 0 Å². The molecule has 3 aromatic rings. The molecule has 0 saturated carbocycles. The number of carbonyl (C=O) groups excluding carboxylic acids is 2. The summed E-state index contributed by atoms with van der Waals surface area (Å²) >= 11 is 4.71. The van der Waals surface area contributed by atoms with Gasteiger partial charge in [-0.15, -0.1) is 11.3 Å². The number of aromatic nitrogens is 1. The fraction of sp³-hybridized carbons (Fsp3) is 0.167. The van der Waals surface area contributed by atoms with Crippen LogP contribution in [0.1, 0.15) is 16.1 Å². The van der Waals surface area contributed by atoms with Gasteiger partial charge in [0.2, 0.25) is 5.91 Å². The van der Waals surface area contributed by atoms with E-state index in [0.29, 0.717) is 16.5 Å². The van der Waals surface area contributed by atoms with Crippen LogP contribution in [0.3, 0.4) is 0 Å². The predicted octanol–water partition coefficient (Wildman–Crippen LogP) is 4.18. The SMILES string of the molecule is Cc1cc(Br)ccc1NC(=O)CN(C)C(=O)c1csc(-c2ccco2)n1. The molecule has 2 aromatic heterocycles. The average Bonchev–Trinajstić information content (AvgIpc) is 3.27. The number of furan rings is 1. The minimum atomic E-state index is -0.318. The molecule has 2 amide bonds. The van der Waals surface area contributed by atoms with Gasteiger partial charge in [-0.05, 0) is 42.8 Å². The quantitative estimate of drug-likeness (QED) is 0.654. The van der Waals surface area contributed by atoms with Crippen molar-refractivity contribution in [2.45, 2.75) is 6.92 Å². The molecule has 0 radical (unpaired) electrons. The molecule has 26 heavy (non-hydrogen) atoms. The highest BCUT2D eigenvalue weighted by atomic mass is 79.9. The van der Waals surface area contributed by atoms with E-state index in [1.807, 2.05) is 25.1 Å². The van der Waals surface area contributed by atoms with E-state index in [1.54, 1.807) is 30.8 Å². The van der Waals surface area contributed by atoms with Gasteiger partial charge in [0.25, 0.3) is 5.91 Å². The number of rotatable bonds is 5. The standard InChI is InChI=1S/C18H16BrN3O3S/c1-11-8-12(19)5-6-13(11)20-16(23)9-22(2)18(24)14-10-26-17(21-14)15-4-3-7-25-15/h3-8,10H,9H2,1-2H3,(H,20,23). The molecule has 0 saturated heterocycles. The Morgan fingerprint density at radius 2 is 2.15 bits per heavy atom. The Balaban J connectivity index is 1.62. The van der Waals surface area contributed by atoms with Crippen molar-refractivity contribution < 1.29 is 14.0 Å². The summed E-state index contributed by atoms with van der Waals surface area (Å²) in [5.74, 6) is 0.0228. The van der Waals surface area contributed by atoms with E-state index < -0.39 is 0 Å². The lowest BCUT2D eigenvalue weighted by molar-refractivity contribution is -0.116. The fourth-order valence-corrected chi connectivity index (χ4v) is 3.56. The van der Waals surface area contributed by atoms with Gasteiger partial charge in [-0.1, -0.05) is 15.9 Å². The van der Waals surface area contributed by atoms with Crippen LogP contribution < -0.4 is 5.32 Å². The zero-order valence-electron chi connectivity index (χ0n) is 14.2. The topological polar surface area (TPSA) is 75.4 Å². The van der Waals surface area contributed by atoms with Crippen molar-refractivity contribution in [3.63, 3.8) is 0 Å². The van der Waals surface area contributed by atoms with E-state index in [9.17, 15) is 9.59 Å². The van der Waals surface area contributed by atoms with Crippen molar-refractivity contribution in [3.05, 3.63) is 57.7 Å². The zero-order chi connectivity index (χ0) is 18.7. The van der Waals surface area contributed by atoms with Crippen LogP contribution in [0.25, 0.3) is 10.8 Å². The van der Waals surface area contributed by atoms with Gasteiger partial charge in [-0.3, -0.25) is 9.59 Å². The van der Waals surface area contributed by atoms with E-state index >= 15 is 0 Å². The maximum atomic E-state index is 12.5. The summed E-state index contributed by atoms with van der Waals surface area (Å²) in [7, 11) is 1.57. The maximum Gasteiger partial charge on any atom is 0.273 e. The van der Waals surface area contributed by atoms with Crippen molar-refractivity contribution in [2.75, 3.05) is 18.9 Å². The number of hydrogen-bond donors (Lipinski definition) is 1. The second-order valence-electron chi connectivity index (χ2n) is 5.68. The van der Waals surface area contributed by atoms with Gasteiger partial charge < -0.3 is 14.6 Å². The van der Waals surface area contributed by atoms with E-state index in [-0.39, 0.29) is 24.1 Å². The predicted molar refractivity (Wildman–Crippen MR) is 104 cm³/mol. The van der Waals surface area contributed by atoms with E-state index in [4.69, 9.17) is 4.42 Å². The van der Waals surface area contributed by atoms with Crippen LogP contribution in [-0.2, 0) is 4.79 Å². The molecule has 0 bridgehead atoms. The van der Waals surface area contributed by atoms with Crippen LogP contribution in [0, 0.1) is 6.92 Å². The number of amides is 2. The second kappa shape index (κ2) is 7.84. The first-order valence-corrected chi connectivity index (χ1v) is 9.42. The molecular weight excluding hydrogens is 418 g/mol. The number of nitrogens with zero attached hydrogens (tertiary/aromatic N) is 2. The molecule has 8 heteroatoms. The second-order valence-corrected chi connectivity index (χ2v) is 7.46. The molecule has 0 aliphatic rings. The zero-order valence-corrected chi connectivity index (χ0v) is 16.6. The van der Waals surface area contributed by atoms with Crippen molar-refractivity contribution in [3.8, 4) is 10.8 Å². The summed E-state index contributed by atoms with van der Waals surface area (Å²) in [4.78, 5) is 30.3. The Bertz CT molecular complexity index is 937. The lowest BCUT2D eigenvalue weighted by atomic mass is 10.2. The number of hydrogen-bond acceptors (Lipinski definition) is 5. The number of nitrogens with one attached hydrogen (secondary N) is 1. The average molecular weight is 434 g/mol. The molecule has 1 N–H and O–H groups in total. The van der Waals surface area contributed by atoms with Gasteiger partial charge >= 0.3 is 0 Å². The van der Waals surface area contributed by atoms with Gasteiger partial charge in [0.15, 0.2) is 10.8 Å². The summed E-state index contributed by atoms with van der Waals surface area (Å²) in [5.41, 5.74) is 1.94. The molecule has 134 valence electrons. The third kappa shape index (κ3) is 4.20. The van der Waals surface area contributed by atoms with Crippen molar-refractivity contribution >= 4 is 44.8 Å². The fourth-order valence-electron chi connectivity index (χ4n) is 2.33. The molecule has 3 rings (SSSR count). The largest absolute Gasteiger partial charge is 0.462 e. The lowest BCUT2D eigenvalue weighted by Crippen LogP contribution is -2.35. The highest BCUT2D eigenvalue weighted by molar-refractivity contribution is 9.10. The van der Waals surface area contributed by atoms with E-state index in [1.165, 1.54) is 16.2 Å². The number of likely N-dealkylation sites (N-methyl/N-ethyl adjacent to an activating group) is 1. The minimum Gasteiger partial charge on any atom is -0.462 e. The van der Waals surface area contributed by atoms with Crippen LogP contribution >= 0.6 is 27.3 Å². The first-order chi connectivity index (χ1) is 12.4. The smallest absolute Gasteiger partial charge is 0.273 e. The molecule has 1 aromatic carbocycles. The highest BCUT2D eigenvalue weighted by Crippen LogP contribution is 2.24. The third-order valence-electron chi connectivity index (χ3n) is 3.65. The first-order valence-electron chi connectivity index (χ1n) is 7.75. The lowest BCUT2D eigenvalue weighted by Gasteiger charge is -2.16.